The zero-order valence-electron chi connectivity index (χ0n) is 21.9. The van der Waals surface area contributed by atoms with Crippen LogP contribution in [0, 0.1) is 0 Å². The van der Waals surface area contributed by atoms with E-state index in [-0.39, 0.29) is 60.7 Å². The highest BCUT2D eigenvalue weighted by molar-refractivity contribution is 7.99. The molecule has 1 aromatic heterocycles. The van der Waals surface area contributed by atoms with Gasteiger partial charge in [0.2, 0.25) is 11.8 Å². The first-order chi connectivity index (χ1) is 18.3. The molecule has 0 bridgehead atoms. The van der Waals surface area contributed by atoms with Gasteiger partial charge in [-0.05, 0) is 62.5 Å². The molecule has 1 saturated heterocycles. The quantitative estimate of drug-likeness (QED) is 0.344. The summed E-state index contributed by atoms with van der Waals surface area (Å²) in [5, 5.41) is 0.221. The standard InChI is InChI=1S/C27H31F5N4O2S/c1-4-20(37)36-15(2)13-34(14-16(36)3)24-18-12-19(27(30,31)32)21(17-6-8-26(28,29)9-7-17)23-22(18)35(25(38)33-24)10-5-11-39-23/h4,12,15-17H,1,5-11,13-14H2,2-3H3. The molecule has 1 aliphatic carbocycles. The Morgan fingerprint density at radius 2 is 1.82 bits per heavy atom. The second kappa shape index (κ2) is 10.1. The van der Waals surface area contributed by atoms with Gasteiger partial charge in [0.15, 0.2) is 0 Å². The van der Waals surface area contributed by atoms with Gasteiger partial charge in [-0.2, -0.15) is 18.2 Å². The number of rotatable bonds is 3. The third kappa shape index (κ3) is 5.04. The van der Waals surface area contributed by atoms with Gasteiger partial charge in [0.1, 0.15) is 5.82 Å². The Kier molecular flexibility index (Phi) is 7.22. The zero-order chi connectivity index (χ0) is 28.3. The zero-order valence-corrected chi connectivity index (χ0v) is 22.7. The molecule has 2 unspecified atom stereocenters. The number of aromatic nitrogens is 2. The second-order valence-electron chi connectivity index (χ2n) is 10.8. The monoisotopic (exact) mass is 570 g/mol. The first-order valence-corrected chi connectivity index (χ1v) is 14.2. The summed E-state index contributed by atoms with van der Waals surface area (Å²) in [4.78, 5) is 33.8. The number of thioether (sulfide) groups is 1. The number of nitrogens with zero attached hydrogens (tertiary/aromatic N) is 4. The molecule has 212 valence electrons. The number of benzene rings is 1. The lowest BCUT2D eigenvalue weighted by Crippen LogP contribution is -2.58. The Hall–Kier alpha value is -2.63. The molecular weight excluding hydrogens is 539 g/mol. The molecule has 2 atom stereocenters. The Labute approximate surface area is 227 Å². The summed E-state index contributed by atoms with van der Waals surface area (Å²) in [6.45, 7) is 8.09. The van der Waals surface area contributed by atoms with E-state index in [4.69, 9.17) is 0 Å². The molecule has 39 heavy (non-hydrogen) atoms. The minimum Gasteiger partial charge on any atom is -0.352 e. The van der Waals surface area contributed by atoms with Crippen LogP contribution in [0.15, 0.2) is 28.4 Å². The van der Waals surface area contributed by atoms with Gasteiger partial charge in [0.25, 0.3) is 0 Å². The molecule has 5 rings (SSSR count). The summed E-state index contributed by atoms with van der Waals surface area (Å²) in [5.41, 5.74) is -0.958. The maximum absolute atomic E-state index is 14.7. The highest BCUT2D eigenvalue weighted by Gasteiger charge is 2.43. The number of carbonyl (C=O) groups excluding carboxylic acids is 1. The molecule has 2 aliphatic heterocycles. The van der Waals surface area contributed by atoms with Gasteiger partial charge in [-0.25, -0.2) is 13.6 Å². The van der Waals surface area contributed by atoms with Gasteiger partial charge in [-0.1, -0.05) is 6.58 Å². The molecule has 2 aromatic rings. The van der Waals surface area contributed by atoms with Crippen LogP contribution in [-0.2, 0) is 17.5 Å². The number of halogens is 5. The van der Waals surface area contributed by atoms with Crippen molar-refractivity contribution >= 4 is 34.4 Å². The molecule has 1 saturated carbocycles. The highest BCUT2D eigenvalue weighted by atomic mass is 32.2. The maximum Gasteiger partial charge on any atom is 0.416 e. The summed E-state index contributed by atoms with van der Waals surface area (Å²) in [6.07, 6.45) is -3.95. The number of amides is 1. The first kappa shape index (κ1) is 27.9. The van der Waals surface area contributed by atoms with Crippen LogP contribution in [0.2, 0.25) is 0 Å². The molecular formula is C27H31F5N4O2S. The topological polar surface area (TPSA) is 58.4 Å². The number of aryl methyl sites for hydroxylation is 1. The minimum absolute atomic E-state index is 0.0332. The van der Waals surface area contributed by atoms with E-state index in [0.717, 1.165) is 6.07 Å². The molecule has 1 aromatic carbocycles. The first-order valence-electron chi connectivity index (χ1n) is 13.2. The van der Waals surface area contributed by atoms with Crippen molar-refractivity contribution in [3.63, 3.8) is 0 Å². The van der Waals surface area contributed by atoms with Crippen molar-refractivity contribution in [2.45, 2.75) is 87.5 Å². The third-order valence-electron chi connectivity index (χ3n) is 8.09. The summed E-state index contributed by atoms with van der Waals surface area (Å²) >= 11 is 1.27. The highest BCUT2D eigenvalue weighted by Crippen LogP contribution is 2.51. The van der Waals surface area contributed by atoms with Gasteiger partial charge in [0, 0.05) is 54.8 Å². The van der Waals surface area contributed by atoms with Crippen molar-refractivity contribution in [3.8, 4) is 0 Å². The number of piperazine rings is 1. The smallest absolute Gasteiger partial charge is 0.352 e. The number of alkyl halides is 5. The van der Waals surface area contributed by atoms with Crippen molar-refractivity contribution in [1.82, 2.24) is 14.5 Å². The molecule has 0 spiro atoms. The average Bonchev–Trinajstić information content (AvgIpc) is 3.09. The molecule has 0 radical (unpaired) electrons. The predicted molar refractivity (Wildman–Crippen MR) is 141 cm³/mol. The lowest BCUT2D eigenvalue weighted by molar-refractivity contribution is -0.138. The van der Waals surface area contributed by atoms with Gasteiger partial charge < -0.3 is 9.80 Å². The fraction of sp³-hybridized carbons (Fsp3) is 0.593. The summed E-state index contributed by atoms with van der Waals surface area (Å²) in [6, 6.07) is 0.475. The Morgan fingerprint density at radius 1 is 1.18 bits per heavy atom. The molecule has 1 amide bonds. The molecule has 3 aliphatic rings. The van der Waals surface area contributed by atoms with Crippen LogP contribution in [0.5, 0.6) is 0 Å². The van der Waals surface area contributed by atoms with Gasteiger partial charge in [-0.3, -0.25) is 9.36 Å². The number of carbonyl (C=O) groups is 1. The molecule has 12 heteroatoms. The van der Waals surface area contributed by atoms with E-state index in [0.29, 0.717) is 29.1 Å². The van der Waals surface area contributed by atoms with Crippen LogP contribution < -0.4 is 10.6 Å². The lowest BCUT2D eigenvalue weighted by atomic mass is 9.80. The minimum atomic E-state index is -4.72. The number of hydrogen-bond acceptors (Lipinski definition) is 5. The van der Waals surface area contributed by atoms with Gasteiger partial charge >= 0.3 is 11.9 Å². The van der Waals surface area contributed by atoms with Crippen LogP contribution >= 0.6 is 11.8 Å². The van der Waals surface area contributed by atoms with Crippen molar-refractivity contribution in [1.29, 1.82) is 0 Å². The summed E-state index contributed by atoms with van der Waals surface area (Å²) in [5.74, 6) is -3.14. The molecule has 3 heterocycles. The average molecular weight is 571 g/mol. The second-order valence-corrected chi connectivity index (χ2v) is 11.9. The van der Waals surface area contributed by atoms with Crippen LogP contribution in [0.1, 0.15) is 63.0 Å². The van der Waals surface area contributed by atoms with Gasteiger partial charge in [-0.15, -0.1) is 11.8 Å². The van der Waals surface area contributed by atoms with Crippen LogP contribution in [0.3, 0.4) is 0 Å². The fourth-order valence-electron chi connectivity index (χ4n) is 6.40. The van der Waals surface area contributed by atoms with Crippen LogP contribution in [0.4, 0.5) is 27.8 Å². The van der Waals surface area contributed by atoms with Crippen molar-refractivity contribution in [3.05, 3.63) is 40.3 Å². The van der Waals surface area contributed by atoms with Crippen molar-refractivity contribution < 1.29 is 26.7 Å². The molecule has 2 fully saturated rings. The van der Waals surface area contributed by atoms with Crippen LogP contribution in [-0.4, -0.2) is 57.2 Å². The lowest BCUT2D eigenvalue weighted by Gasteiger charge is -2.44. The van der Waals surface area contributed by atoms with E-state index >= 15 is 0 Å². The number of anilines is 1. The SMILES string of the molecule is C=CC(=O)N1C(C)CN(c2nc(=O)n3c4c(c(C5CCC(F)(F)CC5)c(C(F)(F)F)cc24)SCCC3)CC1C. The van der Waals surface area contributed by atoms with E-state index in [2.05, 4.69) is 11.6 Å². The van der Waals surface area contributed by atoms with E-state index in [1.165, 1.54) is 22.4 Å². The fourth-order valence-corrected chi connectivity index (χ4v) is 7.67. The third-order valence-corrected chi connectivity index (χ3v) is 9.28. The van der Waals surface area contributed by atoms with E-state index < -0.39 is 42.1 Å². The summed E-state index contributed by atoms with van der Waals surface area (Å²) < 4.78 is 73.4. The van der Waals surface area contributed by atoms with E-state index in [1.54, 1.807) is 9.80 Å². The molecule has 0 N–H and O–H groups in total. The Bertz CT molecular complexity index is 1350. The predicted octanol–water partition coefficient (Wildman–Crippen LogP) is 5.82. The van der Waals surface area contributed by atoms with Gasteiger partial charge in [0.05, 0.1) is 11.1 Å². The molecule has 6 nitrogen and oxygen atoms in total. The Morgan fingerprint density at radius 3 is 2.41 bits per heavy atom. The normalized spacial score (nSPS) is 24.1. The number of hydrogen-bond donors (Lipinski definition) is 0. The van der Waals surface area contributed by atoms with Crippen molar-refractivity contribution in [2.75, 3.05) is 23.7 Å². The van der Waals surface area contributed by atoms with E-state index in [9.17, 15) is 31.5 Å². The van der Waals surface area contributed by atoms with Crippen molar-refractivity contribution in [2.24, 2.45) is 0 Å². The largest absolute Gasteiger partial charge is 0.416 e. The van der Waals surface area contributed by atoms with E-state index in [1.807, 2.05) is 13.8 Å². The Balaban J connectivity index is 1.73. The van der Waals surface area contributed by atoms with Crippen LogP contribution in [0.25, 0.3) is 10.9 Å². The summed E-state index contributed by atoms with van der Waals surface area (Å²) in [7, 11) is 0. The maximum atomic E-state index is 14.7.